The van der Waals surface area contributed by atoms with Crippen LogP contribution in [-0.4, -0.2) is 27.8 Å². The number of aromatic amines is 1. The van der Waals surface area contributed by atoms with Crippen LogP contribution in [0, 0.1) is 6.92 Å². The Morgan fingerprint density at radius 3 is 2.88 bits per heavy atom. The van der Waals surface area contributed by atoms with Gasteiger partial charge >= 0.3 is 0 Å². The summed E-state index contributed by atoms with van der Waals surface area (Å²) in [6.07, 6.45) is 2.85. The molecular formula is C18H20N4OS. The van der Waals surface area contributed by atoms with E-state index in [9.17, 15) is 0 Å². The van der Waals surface area contributed by atoms with Gasteiger partial charge in [-0.1, -0.05) is 24.3 Å². The van der Waals surface area contributed by atoms with Crippen molar-refractivity contribution < 1.29 is 4.74 Å². The van der Waals surface area contributed by atoms with E-state index in [-0.39, 0.29) is 6.10 Å². The van der Waals surface area contributed by atoms with E-state index in [0.717, 1.165) is 31.0 Å². The summed E-state index contributed by atoms with van der Waals surface area (Å²) < 4.78 is 5.84. The topological polar surface area (TPSA) is 62.8 Å². The maximum absolute atomic E-state index is 5.84. The molecular weight excluding hydrogens is 320 g/mol. The standard InChI is InChI=1S/C18H20N4OS/c1-12-18(24-11-20-12)14-4-2-13(3-5-14)10-19-15-7-9-23-17(15)16-6-8-21-22-16/h2-6,8,11,15,17,19H,7,9-10H2,1H3,(H,21,22)/t15-,17-/m0/s1. The van der Waals surface area contributed by atoms with E-state index < -0.39 is 0 Å². The summed E-state index contributed by atoms with van der Waals surface area (Å²) in [6, 6.07) is 11.0. The molecule has 0 spiro atoms. The number of nitrogens with one attached hydrogen (secondary N) is 2. The Hall–Kier alpha value is -2.02. The van der Waals surface area contributed by atoms with Gasteiger partial charge in [-0.3, -0.25) is 5.10 Å². The van der Waals surface area contributed by atoms with Crippen molar-refractivity contribution in [3.8, 4) is 10.4 Å². The SMILES string of the molecule is Cc1ncsc1-c1ccc(CN[C@H]2CCO[C@@H]2c2ccn[nH]2)cc1. The minimum absolute atomic E-state index is 0.0617. The molecule has 0 bridgehead atoms. The minimum atomic E-state index is 0.0617. The van der Waals surface area contributed by atoms with Gasteiger partial charge in [0.05, 0.1) is 21.8 Å². The van der Waals surface area contributed by atoms with Crippen LogP contribution in [0.4, 0.5) is 0 Å². The molecule has 24 heavy (non-hydrogen) atoms. The number of hydrogen-bond acceptors (Lipinski definition) is 5. The Kier molecular flexibility index (Phi) is 4.42. The van der Waals surface area contributed by atoms with Gasteiger partial charge in [-0.2, -0.15) is 5.10 Å². The Balaban J connectivity index is 1.40. The summed E-state index contributed by atoms with van der Waals surface area (Å²) in [5.41, 5.74) is 6.54. The molecule has 2 N–H and O–H groups in total. The number of aryl methyl sites for hydroxylation is 1. The lowest BCUT2D eigenvalue weighted by molar-refractivity contribution is 0.0950. The molecule has 1 saturated heterocycles. The average Bonchev–Trinajstić information content (AvgIpc) is 3.34. The maximum Gasteiger partial charge on any atom is 0.114 e. The molecule has 3 heterocycles. The number of aromatic nitrogens is 3. The van der Waals surface area contributed by atoms with Gasteiger partial charge in [-0.15, -0.1) is 11.3 Å². The zero-order chi connectivity index (χ0) is 16.4. The smallest absolute Gasteiger partial charge is 0.114 e. The number of H-pyrrole nitrogens is 1. The third kappa shape index (κ3) is 3.13. The summed E-state index contributed by atoms with van der Waals surface area (Å²) in [6.45, 7) is 3.67. The molecule has 1 aromatic carbocycles. The highest BCUT2D eigenvalue weighted by Gasteiger charge is 2.30. The van der Waals surface area contributed by atoms with Gasteiger partial charge in [-0.05, 0) is 30.5 Å². The van der Waals surface area contributed by atoms with Gasteiger partial charge in [0.25, 0.3) is 0 Å². The average molecular weight is 340 g/mol. The Morgan fingerprint density at radius 2 is 2.17 bits per heavy atom. The molecule has 1 aliphatic heterocycles. The molecule has 3 aromatic rings. The zero-order valence-electron chi connectivity index (χ0n) is 13.5. The molecule has 6 heteroatoms. The van der Waals surface area contributed by atoms with Crippen molar-refractivity contribution in [2.45, 2.75) is 32.0 Å². The van der Waals surface area contributed by atoms with E-state index in [2.05, 4.69) is 51.7 Å². The fourth-order valence-electron chi connectivity index (χ4n) is 3.13. The quantitative estimate of drug-likeness (QED) is 0.747. The Morgan fingerprint density at radius 1 is 1.29 bits per heavy atom. The third-order valence-electron chi connectivity index (χ3n) is 4.45. The van der Waals surface area contributed by atoms with Crippen LogP contribution in [0.1, 0.15) is 29.5 Å². The molecule has 4 rings (SSSR count). The van der Waals surface area contributed by atoms with Crippen molar-refractivity contribution in [2.75, 3.05) is 6.61 Å². The van der Waals surface area contributed by atoms with Crippen LogP contribution < -0.4 is 5.32 Å². The van der Waals surface area contributed by atoms with E-state index in [4.69, 9.17) is 4.74 Å². The largest absolute Gasteiger partial charge is 0.370 e. The van der Waals surface area contributed by atoms with Gasteiger partial charge in [-0.25, -0.2) is 4.98 Å². The molecule has 2 aromatic heterocycles. The molecule has 0 saturated carbocycles. The monoisotopic (exact) mass is 340 g/mol. The molecule has 0 unspecified atom stereocenters. The first-order valence-electron chi connectivity index (χ1n) is 8.15. The van der Waals surface area contributed by atoms with Crippen molar-refractivity contribution in [1.29, 1.82) is 0 Å². The molecule has 0 amide bonds. The lowest BCUT2D eigenvalue weighted by Crippen LogP contribution is -2.31. The van der Waals surface area contributed by atoms with E-state index in [1.54, 1.807) is 17.5 Å². The predicted octanol–water partition coefficient (Wildman–Crippen LogP) is 3.46. The number of nitrogens with zero attached hydrogens (tertiary/aromatic N) is 2. The maximum atomic E-state index is 5.84. The summed E-state index contributed by atoms with van der Waals surface area (Å²) in [7, 11) is 0. The molecule has 0 aliphatic carbocycles. The second kappa shape index (κ2) is 6.84. The Labute approximate surface area is 145 Å². The first kappa shape index (κ1) is 15.5. The molecule has 1 aliphatic rings. The minimum Gasteiger partial charge on any atom is -0.370 e. The van der Waals surface area contributed by atoms with Crippen molar-refractivity contribution in [2.24, 2.45) is 0 Å². The van der Waals surface area contributed by atoms with Gasteiger partial charge in [0.15, 0.2) is 0 Å². The van der Waals surface area contributed by atoms with E-state index in [1.807, 2.05) is 11.6 Å². The van der Waals surface area contributed by atoms with E-state index >= 15 is 0 Å². The highest BCUT2D eigenvalue weighted by atomic mass is 32.1. The first-order valence-corrected chi connectivity index (χ1v) is 9.03. The Bertz CT molecular complexity index is 782. The molecule has 2 atom stereocenters. The summed E-state index contributed by atoms with van der Waals surface area (Å²) in [4.78, 5) is 5.57. The second-order valence-electron chi connectivity index (χ2n) is 6.04. The normalized spacial score (nSPS) is 20.5. The highest BCUT2D eigenvalue weighted by Crippen LogP contribution is 2.29. The lowest BCUT2D eigenvalue weighted by Gasteiger charge is -2.18. The van der Waals surface area contributed by atoms with Crippen LogP contribution >= 0.6 is 11.3 Å². The van der Waals surface area contributed by atoms with Crippen molar-refractivity contribution >= 4 is 11.3 Å². The van der Waals surface area contributed by atoms with Gasteiger partial charge in [0.1, 0.15) is 6.10 Å². The van der Waals surface area contributed by atoms with E-state index in [1.165, 1.54) is 16.0 Å². The lowest BCUT2D eigenvalue weighted by atomic mass is 10.1. The molecule has 5 nitrogen and oxygen atoms in total. The van der Waals surface area contributed by atoms with Crippen LogP contribution in [0.5, 0.6) is 0 Å². The van der Waals surface area contributed by atoms with E-state index in [0.29, 0.717) is 6.04 Å². The number of benzene rings is 1. The van der Waals surface area contributed by atoms with Crippen LogP contribution in [0.25, 0.3) is 10.4 Å². The van der Waals surface area contributed by atoms with Gasteiger partial charge in [0, 0.05) is 25.4 Å². The summed E-state index contributed by atoms with van der Waals surface area (Å²) in [5.74, 6) is 0. The van der Waals surface area contributed by atoms with Crippen LogP contribution in [0.15, 0.2) is 42.0 Å². The van der Waals surface area contributed by atoms with Gasteiger partial charge in [0.2, 0.25) is 0 Å². The number of hydrogen-bond donors (Lipinski definition) is 2. The van der Waals surface area contributed by atoms with Crippen molar-refractivity contribution in [1.82, 2.24) is 20.5 Å². The predicted molar refractivity (Wildman–Crippen MR) is 94.8 cm³/mol. The molecule has 1 fully saturated rings. The van der Waals surface area contributed by atoms with Crippen LogP contribution in [-0.2, 0) is 11.3 Å². The first-order chi connectivity index (χ1) is 11.8. The van der Waals surface area contributed by atoms with Crippen LogP contribution in [0.2, 0.25) is 0 Å². The number of thiazole rings is 1. The summed E-state index contributed by atoms with van der Waals surface area (Å²) in [5, 5.41) is 10.7. The second-order valence-corrected chi connectivity index (χ2v) is 6.90. The van der Waals surface area contributed by atoms with Gasteiger partial charge < -0.3 is 10.1 Å². The fraction of sp³-hybridized carbons (Fsp3) is 0.333. The number of rotatable bonds is 5. The third-order valence-corrected chi connectivity index (χ3v) is 5.43. The molecule has 124 valence electrons. The molecule has 0 radical (unpaired) electrons. The highest BCUT2D eigenvalue weighted by molar-refractivity contribution is 7.13. The fourth-order valence-corrected chi connectivity index (χ4v) is 3.94. The number of ether oxygens (including phenoxy) is 1. The summed E-state index contributed by atoms with van der Waals surface area (Å²) >= 11 is 1.69. The van der Waals surface area contributed by atoms with Crippen molar-refractivity contribution in [3.63, 3.8) is 0 Å². The van der Waals surface area contributed by atoms with Crippen LogP contribution in [0.3, 0.4) is 0 Å². The zero-order valence-corrected chi connectivity index (χ0v) is 14.3. The van der Waals surface area contributed by atoms with Crippen molar-refractivity contribution in [3.05, 3.63) is 59.0 Å².